The molecule has 0 spiro atoms. The molecule has 0 atom stereocenters. The lowest BCUT2D eigenvalue weighted by Crippen LogP contribution is -2.02. The average Bonchev–Trinajstić information content (AvgIpc) is 2.14. The van der Waals surface area contributed by atoms with E-state index in [4.69, 9.17) is 5.11 Å². The molecule has 0 aliphatic heterocycles. The Labute approximate surface area is 91.4 Å². The van der Waals surface area contributed by atoms with Crippen molar-refractivity contribution in [2.75, 3.05) is 5.33 Å². The molecule has 0 fully saturated rings. The van der Waals surface area contributed by atoms with E-state index in [9.17, 15) is 4.79 Å². The Balaban J connectivity index is 3.21. The van der Waals surface area contributed by atoms with Crippen LogP contribution in [0.2, 0.25) is 0 Å². The van der Waals surface area contributed by atoms with E-state index in [2.05, 4.69) is 15.9 Å². The van der Waals surface area contributed by atoms with E-state index in [1.807, 2.05) is 18.2 Å². The van der Waals surface area contributed by atoms with Gasteiger partial charge >= 0.3 is 5.97 Å². The van der Waals surface area contributed by atoms with E-state index in [0.717, 1.165) is 16.5 Å². The molecule has 1 N–H and O–H groups in total. The molecule has 14 heavy (non-hydrogen) atoms. The Bertz CT molecular complexity index is 370. The Morgan fingerprint density at radius 3 is 2.86 bits per heavy atom. The van der Waals surface area contributed by atoms with Gasteiger partial charge in [-0.1, -0.05) is 46.3 Å². The lowest BCUT2D eigenvalue weighted by molar-refractivity contribution is 0.0696. The summed E-state index contributed by atoms with van der Waals surface area (Å²) in [4.78, 5) is 11.0. The summed E-state index contributed by atoms with van der Waals surface area (Å²) in [7, 11) is 0. The highest BCUT2D eigenvalue weighted by atomic mass is 79.9. The predicted molar refractivity (Wildman–Crippen MR) is 61.0 cm³/mol. The summed E-state index contributed by atoms with van der Waals surface area (Å²) in [6.07, 6.45) is 3.69. The van der Waals surface area contributed by atoms with Crippen molar-refractivity contribution >= 4 is 28.0 Å². The number of carbonyl (C=O) groups is 1. The lowest BCUT2D eigenvalue weighted by atomic mass is 10.0. The molecule has 0 saturated carbocycles. The first-order chi connectivity index (χ1) is 6.66. The molecular weight excluding hydrogens is 244 g/mol. The smallest absolute Gasteiger partial charge is 0.336 e. The van der Waals surface area contributed by atoms with E-state index in [1.54, 1.807) is 19.1 Å². The van der Waals surface area contributed by atoms with E-state index >= 15 is 0 Å². The maximum absolute atomic E-state index is 11.0. The van der Waals surface area contributed by atoms with Gasteiger partial charge in [-0.25, -0.2) is 4.79 Å². The minimum atomic E-state index is -0.877. The van der Waals surface area contributed by atoms with Crippen LogP contribution in [0.5, 0.6) is 0 Å². The van der Waals surface area contributed by atoms with Crippen molar-refractivity contribution in [3.05, 3.63) is 41.0 Å². The molecule has 0 aliphatic carbocycles. The van der Waals surface area contributed by atoms with Gasteiger partial charge in [-0.15, -0.1) is 0 Å². The van der Waals surface area contributed by atoms with Crippen molar-refractivity contribution in [2.24, 2.45) is 0 Å². The average molecular weight is 255 g/mol. The van der Waals surface area contributed by atoms with E-state index in [0.29, 0.717) is 5.56 Å². The first kappa shape index (κ1) is 11.0. The first-order valence-electron chi connectivity index (χ1n) is 4.22. The number of hydrogen-bond acceptors (Lipinski definition) is 1. The zero-order chi connectivity index (χ0) is 10.6. The van der Waals surface area contributed by atoms with Crippen LogP contribution >= 0.6 is 15.9 Å². The Kier molecular flexibility index (Phi) is 3.89. The van der Waals surface area contributed by atoms with Crippen LogP contribution in [0.25, 0.3) is 6.08 Å². The molecular formula is C11H11BrO2. The van der Waals surface area contributed by atoms with Crippen molar-refractivity contribution in [1.29, 1.82) is 0 Å². The van der Waals surface area contributed by atoms with Gasteiger partial charge in [-0.3, -0.25) is 0 Å². The van der Waals surface area contributed by atoms with Crippen LogP contribution in [0.4, 0.5) is 0 Å². The predicted octanol–water partition coefficient (Wildman–Crippen LogP) is 3.10. The van der Waals surface area contributed by atoms with Gasteiger partial charge in [-0.05, 0) is 18.1 Å². The third-order valence-corrected chi connectivity index (χ3v) is 2.28. The van der Waals surface area contributed by atoms with Gasteiger partial charge in [0.05, 0.1) is 5.56 Å². The van der Waals surface area contributed by atoms with Crippen molar-refractivity contribution in [3.8, 4) is 0 Å². The van der Waals surface area contributed by atoms with Crippen LogP contribution < -0.4 is 0 Å². The largest absolute Gasteiger partial charge is 0.478 e. The molecule has 0 radical (unpaired) electrons. The van der Waals surface area contributed by atoms with Gasteiger partial charge in [-0.2, -0.15) is 0 Å². The fourth-order valence-electron chi connectivity index (χ4n) is 1.29. The van der Waals surface area contributed by atoms with Crippen LogP contribution in [0.3, 0.4) is 0 Å². The van der Waals surface area contributed by atoms with Gasteiger partial charge in [0.15, 0.2) is 0 Å². The number of carboxylic acid groups (broad SMARTS) is 1. The third-order valence-electron chi connectivity index (χ3n) is 1.91. The van der Waals surface area contributed by atoms with Gasteiger partial charge in [0, 0.05) is 5.33 Å². The Morgan fingerprint density at radius 2 is 2.29 bits per heavy atom. The summed E-state index contributed by atoms with van der Waals surface area (Å²) in [5.41, 5.74) is 1.91. The molecule has 1 rings (SSSR count). The Hall–Kier alpha value is -1.09. The minimum absolute atomic E-state index is 0.379. The number of aromatic carboxylic acids is 1. The first-order valence-corrected chi connectivity index (χ1v) is 5.34. The molecule has 0 amide bonds. The second-order valence-electron chi connectivity index (χ2n) is 2.90. The van der Waals surface area contributed by atoms with Crippen LogP contribution in [-0.4, -0.2) is 16.4 Å². The SMILES string of the molecule is Cc1cccc(C=CCBr)c1C(=O)O. The fraction of sp³-hybridized carbons (Fsp3) is 0.182. The number of hydrogen-bond donors (Lipinski definition) is 1. The number of allylic oxidation sites excluding steroid dienone is 1. The van der Waals surface area contributed by atoms with Crippen molar-refractivity contribution in [2.45, 2.75) is 6.92 Å². The summed E-state index contributed by atoms with van der Waals surface area (Å²) in [6.45, 7) is 1.80. The number of aryl methyl sites for hydroxylation is 1. The Morgan fingerprint density at radius 1 is 1.57 bits per heavy atom. The van der Waals surface area contributed by atoms with Gasteiger partial charge in [0.1, 0.15) is 0 Å². The van der Waals surface area contributed by atoms with E-state index < -0.39 is 5.97 Å². The highest BCUT2D eigenvalue weighted by molar-refractivity contribution is 9.09. The summed E-state index contributed by atoms with van der Waals surface area (Å²) < 4.78 is 0. The maximum Gasteiger partial charge on any atom is 0.336 e. The summed E-state index contributed by atoms with van der Waals surface area (Å²) in [5.74, 6) is -0.877. The monoisotopic (exact) mass is 254 g/mol. The molecule has 1 aromatic rings. The van der Waals surface area contributed by atoms with Crippen LogP contribution in [0.1, 0.15) is 21.5 Å². The molecule has 3 heteroatoms. The second kappa shape index (κ2) is 4.96. The molecule has 0 aromatic heterocycles. The molecule has 2 nitrogen and oxygen atoms in total. The molecule has 0 bridgehead atoms. The molecule has 0 heterocycles. The maximum atomic E-state index is 11.0. The summed E-state index contributed by atoms with van der Waals surface area (Å²) in [5, 5.41) is 9.72. The standard InChI is InChI=1S/C11H11BrO2/c1-8-4-2-5-9(6-3-7-12)10(8)11(13)14/h2-6H,7H2,1H3,(H,13,14). The minimum Gasteiger partial charge on any atom is -0.478 e. The van der Waals surface area contributed by atoms with Crippen molar-refractivity contribution in [3.63, 3.8) is 0 Å². The quantitative estimate of drug-likeness (QED) is 0.842. The number of rotatable bonds is 3. The normalized spacial score (nSPS) is 10.7. The lowest BCUT2D eigenvalue weighted by Gasteiger charge is -2.04. The number of halogens is 1. The number of benzene rings is 1. The molecule has 0 aliphatic rings. The summed E-state index contributed by atoms with van der Waals surface area (Å²) >= 11 is 3.25. The zero-order valence-electron chi connectivity index (χ0n) is 7.83. The molecule has 0 saturated heterocycles. The molecule has 74 valence electrons. The van der Waals surface area contributed by atoms with Gasteiger partial charge in [0.25, 0.3) is 0 Å². The number of alkyl halides is 1. The molecule has 0 unspecified atom stereocenters. The van der Waals surface area contributed by atoms with E-state index in [-0.39, 0.29) is 0 Å². The van der Waals surface area contributed by atoms with Crippen LogP contribution in [-0.2, 0) is 0 Å². The van der Waals surface area contributed by atoms with Gasteiger partial charge in [0.2, 0.25) is 0 Å². The van der Waals surface area contributed by atoms with E-state index in [1.165, 1.54) is 0 Å². The highest BCUT2D eigenvalue weighted by Gasteiger charge is 2.09. The highest BCUT2D eigenvalue weighted by Crippen LogP contribution is 2.15. The van der Waals surface area contributed by atoms with Crippen LogP contribution in [0.15, 0.2) is 24.3 Å². The van der Waals surface area contributed by atoms with Crippen LogP contribution in [0, 0.1) is 6.92 Å². The van der Waals surface area contributed by atoms with Crippen molar-refractivity contribution in [1.82, 2.24) is 0 Å². The second-order valence-corrected chi connectivity index (χ2v) is 3.55. The number of carboxylic acids is 1. The van der Waals surface area contributed by atoms with Crippen molar-refractivity contribution < 1.29 is 9.90 Å². The van der Waals surface area contributed by atoms with Gasteiger partial charge < -0.3 is 5.11 Å². The zero-order valence-corrected chi connectivity index (χ0v) is 9.41. The third kappa shape index (κ3) is 2.45. The summed E-state index contributed by atoms with van der Waals surface area (Å²) in [6, 6.07) is 5.46. The fourth-order valence-corrected chi connectivity index (χ4v) is 1.48. The molecule has 1 aromatic carbocycles. The topological polar surface area (TPSA) is 37.3 Å².